The number of ether oxygens (including phenoxy) is 3. The molecule has 488 valence electrons. The first-order chi connectivity index (χ1) is 45.3. The monoisotopic (exact) mass is 1270 g/mol. The van der Waals surface area contributed by atoms with Gasteiger partial charge in [0.25, 0.3) is 5.69 Å². The van der Waals surface area contributed by atoms with Gasteiger partial charge < -0.3 is 44.9 Å². The summed E-state index contributed by atoms with van der Waals surface area (Å²) < 4.78 is 68.8. The second-order valence-corrected chi connectivity index (χ2v) is 23.7. The number of amides is 3. The predicted molar refractivity (Wildman–Crippen MR) is 354 cm³/mol. The number of hydrogen-bond acceptors (Lipinski definition) is 10. The van der Waals surface area contributed by atoms with Gasteiger partial charge in [0.1, 0.15) is 5.75 Å². The number of nitrogens with zero attached hydrogens (tertiary/aromatic N) is 4. The molecule has 0 aliphatic carbocycles. The molecule has 0 spiro atoms. The van der Waals surface area contributed by atoms with Crippen LogP contribution in [0.25, 0.3) is 0 Å². The van der Waals surface area contributed by atoms with Crippen molar-refractivity contribution < 1.29 is 46.3 Å². The number of morpholine rings is 2. The molecule has 4 fully saturated rings. The number of hydrogen-bond donors (Lipinski definition) is 3. The third-order valence-electron chi connectivity index (χ3n) is 17.8. The fourth-order valence-corrected chi connectivity index (χ4v) is 12.6. The van der Waals surface area contributed by atoms with Crippen molar-refractivity contribution in [2.24, 2.45) is 0 Å². The summed E-state index contributed by atoms with van der Waals surface area (Å²) in [5.41, 5.74) is 8.21. The number of piperidine rings is 2. The topological polar surface area (TPSA) is 151 Å². The van der Waals surface area contributed by atoms with E-state index in [9.17, 15) is 37.3 Å². The number of nitro groups is 1. The van der Waals surface area contributed by atoms with Crippen molar-refractivity contribution in [3.8, 4) is 5.75 Å². The van der Waals surface area contributed by atoms with E-state index in [-0.39, 0.29) is 41.3 Å². The van der Waals surface area contributed by atoms with Gasteiger partial charge >= 0.3 is 12.1 Å². The molecule has 18 heteroatoms. The van der Waals surface area contributed by atoms with Gasteiger partial charge in [0.05, 0.1) is 43.4 Å². The number of likely N-dealkylation sites (tertiary alicyclic amines) is 2. The van der Waals surface area contributed by atoms with Crippen LogP contribution in [0.5, 0.6) is 5.75 Å². The number of carbonyl (C=O) groups excluding carboxylic acids is 2. The van der Waals surface area contributed by atoms with Crippen molar-refractivity contribution in [1.82, 2.24) is 30.7 Å². The number of para-hydroxylation sites is 1. The Kier molecular flexibility index (Phi) is 25.6. The van der Waals surface area contributed by atoms with E-state index < -0.39 is 34.2 Å². The summed E-state index contributed by atoms with van der Waals surface area (Å²) in [5.74, 6) is -2.87. The van der Waals surface area contributed by atoms with Crippen LogP contribution < -0.4 is 20.7 Å². The fourth-order valence-electron chi connectivity index (χ4n) is 12.6. The van der Waals surface area contributed by atoms with Crippen LogP contribution in [0.4, 0.5) is 32.8 Å². The van der Waals surface area contributed by atoms with Gasteiger partial charge in [-0.1, -0.05) is 169 Å². The van der Waals surface area contributed by atoms with Gasteiger partial charge in [0, 0.05) is 49.1 Å². The number of non-ortho nitro benzene ring substituents is 1. The Balaban J connectivity index is 0.000000165. The van der Waals surface area contributed by atoms with Gasteiger partial charge in [0.2, 0.25) is 0 Å². The van der Waals surface area contributed by atoms with Gasteiger partial charge in [-0.25, -0.2) is 27.2 Å². The van der Waals surface area contributed by atoms with Crippen LogP contribution in [0, 0.1) is 40.3 Å². The molecule has 0 aromatic heterocycles. The second-order valence-electron chi connectivity index (χ2n) is 23.7. The highest BCUT2D eigenvalue weighted by Crippen LogP contribution is 2.43. The van der Waals surface area contributed by atoms with Crippen LogP contribution in [0.1, 0.15) is 89.6 Å². The highest BCUT2D eigenvalue weighted by Gasteiger charge is 2.39. The average Bonchev–Trinajstić information content (AvgIpc) is 0.854. The summed E-state index contributed by atoms with van der Waals surface area (Å²) in [4.78, 5) is 41.2. The van der Waals surface area contributed by atoms with Crippen molar-refractivity contribution in [3.05, 3.63) is 285 Å². The number of aryl methyl sites for hydroxylation is 1. The number of nitrogens with one attached hydrogen (secondary N) is 3. The zero-order valence-corrected chi connectivity index (χ0v) is 52.7. The van der Waals surface area contributed by atoms with Crippen molar-refractivity contribution in [3.63, 3.8) is 0 Å². The summed E-state index contributed by atoms with van der Waals surface area (Å²) >= 11 is 0. The largest absolute Gasteiger partial charge is 0.412 e. The quantitative estimate of drug-likeness (QED) is 0.0369. The van der Waals surface area contributed by atoms with E-state index in [1.807, 2.05) is 31.2 Å². The van der Waals surface area contributed by atoms with E-state index in [4.69, 9.17) is 14.2 Å². The Labute approximate surface area is 543 Å². The van der Waals surface area contributed by atoms with Crippen LogP contribution in [0.2, 0.25) is 0 Å². The van der Waals surface area contributed by atoms with Gasteiger partial charge in [-0.2, -0.15) is 0 Å². The lowest BCUT2D eigenvalue weighted by molar-refractivity contribution is -0.384. The standard InChI is InChI=1S/C31H35F2N3O2.C28H32N2O2.C10H11F2NO.C6H5NO2/c32-27-13-12-24(22-28(27)33)29-23-38-21-20-36(29)30(37)34-16-7-17-35-18-14-31(15-19-35,25-8-3-1-4-9-25)26-10-5-2-6-11-26;1-23-13-15-26(16-14-23)32-27(31)29-19-8-20-30-21-17-28(18-22-30,24-9-4-2-5-10-24)25-11-6-3-7-12-25;11-8-2-1-7(5-9(8)12)10-6-14-4-3-13-10;8-7(9)6-4-2-1-3-5-6/h1-6,8-13,22,29H,7,14-21,23H2,(H,34,37);2-7,9-16H,8,17-22H2,1H3,(H,29,31);1-2,5,10,13H,3-4,6H2;1-5H. The first kappa shape index (κ1) is 68.6. The normalized spacial score (nSPS) is 17.7. The number of urea groups is 1. The van der Waals surface area contributed by atoms with E-state index in [1.165, 1.54) is 46.5 Å². The van der Waals surface area contributed by atoms with Crippen LogP contribution in [0.15, 0.2) is 212 Å². The number of halogens is 4. The molecule has 2 atom stereocenters. The van der Waals surface area contributed by atoms with Gasteiger partial charge in [-0.3, -0.25) is 10.1 Å². The highest BCUT2D eigenvalue weighted by molar-refractivity contribution is 5.75. The summed E-state index contributed by atoms with van der Waals surface area (Å²) in [6, 6.07) is 65.9. The molecule has 0 radical (unpaired) electrons. The number of rotatable bonds is 16. The van der Waals surface area contributed by atoms with Gasteiger partial charge in [-0.05, 0) is 154 Å². The first-order valence-corrected chi connectivity index (χ1v) is 32.0. The molecule has 93 heavy (non-hydrogen) atoms. The maximum absolute atomic E-state index is 13.8. The molecule has 14 nitrogen and oxygen atoms in total. The highest BCUT2D eigenvalue weighted by atomic mass is 19.2. The molecule has 4 heterocycles. The summed E-state index contributed by atoms with van der Waals surface area (Å²) in [5, 5.41) is 19.1. The molecule has 4 aliphatic rings. The SMILES string of the molecule is Cc1ccc(OC(=O)NCCCN2CCC(c3ccccc3)(c3ccccc3)CC2)cc1.Fc1ccc(C2COCCN2)cc1F.O=C(NCCCN1CCC(c2ccccc2)(c2ccccc2)CC1)N1CCOCC1c1ccc(F)c(F)c1.O=[N+]([O-])c1ccccc1. The molecule has 0 bridgehead atoms. The number of carbonyl (C=O) groups is 2. The summed E-state index contributed by atoms with van der Waals surface area (Å²) in [7, 11) is 0. The Bertz CT molecular complexity index is 3480. The van der Waals surface area contributed by atoms with Gasteiger partial charge in [0.15, 0.2) is 23.3 Å². The summed E-state index contributed by atoms with van der Waals surface area (Å²) in [6.45, 7) is 12.2. The molecule has 4 aliphatic heterocycles. The molecule has 12 rings (SSSR count). The molecule has 8 aromatic rings. The van der Waals surface area contributed by atoms with E-state index in [1.54, 1.807) is 29.2 Å². The molecular weight excluding hydrogens is 1190 g/mol. The molecule has 3 N–H and O–H groups in total. The second kappa shape index (κ2) is 34.8. The first-order valence-electron chi connectivity index (χ1n) is 32.0. The lowest BCUT2D eigenvalue weighted by Crippen LogP contribution is -2.48. The Morgan fingerprint density at radius 1 is 0.548 bits per heavy atom. The smallest absolute Gasteiger partial charge is 0.410 e. The third kappa shape index (κ3) is 19.4. The minimum Gasteiger partial charge on any atom is -0.410 e. The molecule has 8 aromatic carbocycles. The molecule has 2 unspecified atom stereocenters. The van der Waals surface area contributed by atoms with Crippen molar-refractivity contribution in [2.45, 2.75) is 68.4 Å². The Hall–Kier alpha value is -8.78. The van der Waals surface area contributed by atoms with E-state index in [0.29, 0.717) is 50.8 Å². The van der Waals surface area contributed by atoms with Crippen LogP contribution >= 0.6 is 0 Å². The molecule has 0 saturated carbocycles. The van der Waals surface area contributed by atoms with Crippen LogP contribution in [-0.4, -0.2) is 124 Å². The lowest BCUT2D eigenvalue weighted by atomic mass is 9.68. The predicted octanol–water partition coefficient (Wildman–Crippen LogP) is 14.3. The number of nitro benzene ring substituents is 1. The van der Waals surface area contributed by atoms with Crippen molar-refractivity contribution in [2.75, 3.05) is 91.9 Å². The Morgan fingerprint density at radius 2 is 0.989 bits per heavy atom. The molecule has 3 amide bonds. The lowest BCUT2D eigenvalue weighted by Gasteiger charge is -2.43. The third-order valence-corrected chi connectivity index (χ3v) is 17.8. The average molecular weight is 1270 g/mol. The zero-order chi connectivity index (χ0) is 65.3. The van der Waals surface area contributed by atoms with Crippen molar-refractivity contribution >= 4 is 17.8 Å². The van der Waals surface area contributed by atoms with Gasteiger partial charge in [-0.15, -0.1) is 0 Å². The maximum Gasteiger partial charge on any atom is 0.412 e. The zero-order valence-electron chi connectivity index (χ0n) is 52.7. The fraction of sp³-hybridized carbons (Fsp3) is 0.333. The van der Waals surface area contributed by atoms with E-state index in [2.05, 4.69) is 147 Å². The molecular formula is C75H83F4N7O7. The van der Waals surface area contributed by atoms with E-state index >= 15 is 0 Å². The minimum atomic E-state index is -0.918. The van der Waals surface area contributed by atoms with Crippen LogP contribution in [-0.2, 0) is 20.3 Å². The summed E-state index contributed by atoms with van der Waals surface area (Å²) in [6.07, 6.45) is 5.67. The van der Waals surface area contributed by atoms with E-state index in [0.717, 1.165) is 114 Å². The number of benzene rings is 8. The molecule has 4 saturated heterocycles. The maximum atomic E-state index is 13.8. The minimum absolute atomic E-state index is 0.0262. The van der Waals surface area contributed by atoms with Crippen molar-refractivity contribution in [1.29, 1.82) is 0 Å². The van der Waals surface area contributed by atoms with Crippen LogP contribution in [0.3, 0.4) is 0 Å². The Morgan fingerprint density at radius 3 is 1.43 bits per heavy atom.